The molecule has 0 aromatic heterocycles. The number of hydrogen-bond donors (Lipinski definition) is 0. The number of aliphatic imine (C=N–C) groups is 1. The van der Waals surface area contributed by atoms with E-state index < -0.39 is 0 Å². The highest BCUT2D eigenvalue weighted by molar-refractivity contribution is 5.83. The Bertz CT molecular complexity index is 298. The Morgan fingerprint density at radius 1 is 1.07 bits per heavy atom. The molecule has 0 aliphatic carbocycles. The fraction of sp³-hybridized carbons (Fsp3) is 0.462. The zero-order valence-electron chi connectivity index (χ0n) is 9.49. The third-order valence-electron chi connectivity index (χ3n) is 2.51. The molecule has 0 N–H and O–H groups in total. The third kappa shape index (κ3) is 2.99. The van der Waals surface area contributed by atoms with Crippen LogP contribution in [0.25, 0.3) is 0 Å². The summed E-state index contributed by atoms with van der Waals surface area (Å²) in [7, 11) is 0. The molecule has 1 atom stereocenters. The highest BCUT2D eigenvalue weighted by atomic mass is 14.8. The summed E-state index contributed by atoms with van der Waals surface area (Å²) >= 11 is 0. The lowest BCUT2D eigenvalue weighted by Crippen LogP contribution is -2.04. The van der Waals surface area contributed by atoms with Crippen LogP contribution in [0.2, 0.25) is 0 Å². The Morgan fingerprint density at radius 3 is 2.14 bits per heavy atom. The second kappa shape index (κ2) is 4.94. The van der Waals surface area contributed by atoms with Gasteiger partial charge in [0.25, 0.3) is 0 Å². The fourth-order valence-electron chi connectivity index (χ4n) is 1.26. The molecule has 1 rings (SSSR count). The highest BCUT2D eigenvalue weighted by Crippen LogP contribution is 2.17. The van der Waals surface area contributed by atoms with Crippen LogP contribution in [0.3, 0.4) is 0 Å². The van der Waals surface area contributed by atoms with Crippen LogP contribution in [0, 0.1) is 5.92 Å². The number of rotatable bonds is 3. The van der Waals surface area contributed by atoms with Crippen molar-refractivity contribution >= 4 is 5.71 Å². The first-order chi connectivity index (χ1) is 6.61. The van der Waals surface area contributed by atoms with Gasteiger partial charge >= 0.3 is 0 Å². The Kier molecular flexibility index (Phi) is 3.87. The standard InChI is InChI=1S/C13H19N/c1-10(2)11(3)14-12(4)13-8-6-5-7-9-13/h5-10,12H,1-4H3/b14-11+/t12-/m1/s1. The van der Waals surface area contributed by atoms with E-state index in [0.29, 0.717) is 5.92 Å². The molecule has 1 aromatic rings. The van der Waals surface area contributed by atoms with E-state index in [1.165, 1.54) is 11.3 Å². The van der Waals surface area contributed by atoms with Gasteiger partial charge in [-0.1, -0.05) is 44.2 Å². The van der Waals surface area contributed by atoms with Crippen molar-refractivity contribution in [3.05, 3.63) is 35.9 Å². The van der Waals surface area contributed by atoms with Crippen molar-refractivity contribution in [2.45, 2.75) is 33.7 Å². The van der Waals surface area contributed by atoms with Gasteiger partial charge in [-0.15, -0.1) is 0 Å². The molecule has 0 aliphatic heterocycles. The minimum atomic E-state index is 0.276. The molecule has 0 aliphatic rings. The van der Waals surface area contributed by atoms with E-state index >= 15 is 0 Å². The van der Waals surface area contributed by atoms with Crippen molar-refractivity contribution in [2.24, 2.45) is 10.9 Å². The SMILES string of the molecule is C/C(=N\[C@H](C)c1ccccc1)C(C)C. The minimum Gasteiger partial charge on any atom is -0.286 e. The maximum atomic E-state index is 4.66. The summed E-state index contributed by atoms with van der Waals surface area (Å²) in [6, 6.07) is 10.7. The number of hydrogen-bond acceptors (Lipinski definition) is 1. The molecule has 0 radical (unpaired) electrons. The second-order valence-electron chi connectivity index (χ2n) is 4.01. The molecule has 0 amide bonds. The van der Waals surface area contributed by atoms with Crippen LogP contribution in [0.15, 0.2) is 35.3 Å². The van der Waals surface area contributed by atoms with Gasteiger partial charge in [-0.2, -0.15) is 0 Å². The van der Waals surface area contributed by atoms with Crippen LogP contribution in [0.4, 0.5) is 0 Å². The summed E-state index contributed by atoms with van der Waals surface area (Å²) in [5.74, 6) is 0.543. The maximum absolute atomic E-state index is 4.66. The van der Waals surface area contributed by atoms with E-state index in [1.54, 1.807) is 0 Å². The van der Waals surface area contributed by atoms with E-state index in [-0.39, 0.29) is 6.04 Å². The summed E-state index contributed by atoms with van der Waals surface area (Å²) in [5.41, 5.74) is 2.51. The Hall–Kier alpha value is -1.11. The number of nitrogens with zero attached hydrogens (tertiary/aromatic N) is 1. The van der Waals surface area contributed by atoms with Gasteiger partial charge in [0.2, 0.25) is 0 Å². The average molecular weight is 189 g/mol. The van der Waals surface area contributed by atoms with Crippen LogP contribution in [-0.2, 0) is 0 Å². The van der Waals surface area contributed by atoms with E-state index in [1.807, 2.05) is 6.07 Å². The molecule has 0 saturated heterocycles. The summed E-state index contributed by atoms with van der Waals surface area (Å²) in [6.45, 7) is 8.60. The molecule has 0 heterocycles. The van der Waals surface area contributed by atoms with Gasteiger partial charge in [-0.25, -0.2) is 0 Å². The largest absolute Gasteiger partial charge is 0.286 e. The third-order valence-corrected chi connectivity index (χ3v) is 2.51. The van der Waals surface area contributed by atoms with Gasteiger partial charge in [0.1, 0.15) is 0 Å². The first-order valence-corrected chi connectivity index (χ1v) is 5.20. The minimum absolute atomic E-state index is 0.276. The molecule has 0 unspecified atom stereocenters. The Labute approximate surface area is 86.9 Å². The number of benzene rings is 1. The molecule has 1 nitrogen and oxygen atoms in total. The first kappa shape index (κ1) is 11.0. The lowest BCUT2D eigenvalue weighted by molar-refractivity contribution is 0.783. The quantitative estimate of drug-likeness (QED) is 0.640. The van der Waals surface area contributed by atoms with Gasteiger partial charge in [0.15, 0.2) is 0 Å². The van der Waals surface area contributed by atoms with Crippen LogP contribution in [0.5, 0.6) is 0 Å². The Balaban J connectivity index is 2.77. The van der Waals surface area contributed by atoms with Gasteiger partial charge in [0, 0.05) is 5.71 Å². The lowest BCUT2D eigenvalue weighted by atomic mass is 10.1. The van der Waals surface area contributed by atoms with Crippen LogP contribution in [0.1, 0.15) is 39.3 Å². The molecule has 0 bridgehead atoms. The molecule has 0 saturated carbocycles. The molecule has 0 fully saturated rings. The summed E-state index contributed by atoms with van der Waals surface area (Å²) in [4.78, 5) is 4.66. The summed E-state index contributed by atoms with van der Waals surface area (Å²) < 4.78 is 0. The zero-order valence-corrected chi connectivity index (χ0v) is 9.49. The van der Waals surface area contributed by atoms with Gasteiger partial charge < -0.3 is 0 Å². The summed E-state index contributed by atoms with van der Waals surface area (Å²) in [5, 5.41) is 0. The molecule has 76 valence electrons. The molecule has 14 heavy (non-hydrogen) atoms. The fourth-order valence-corrected chi connectivity index (χ4v) is 1.26. The van der Waals surface area contributed by atoms with Crippen molar-refractivity contribution in [3.8, 4) is 0 Å². The normalized spacial score (nSPS) is 14.5. The summed E-state index contributed by atoms with van der Waals surface area (Å²) in [6.07, 6.45) is 0. The lowest BCUT2D eigenvalue weighted by Gasteiger charge is -2.10. The molecule has 1 aromatic carbocycles. The first-order valence-electron chi connectivity index (χ1n) is 5.20. The van der Waals surface area contributed by atoms with Crippen molar-refractivity contribution in [1.82, 2.24) is 0 Å². The second-order valence-corrected chi connectivity index (χ2v) is 4.01. The predicted molar refractivity (Wildman–Crippen MR) is 62.8 cm³/mol. The molecular formula is C13H19N. The van der Waals surface area contributed by atoms with Crippen molar-refractivity contribution in [2.75, 3.05) is 0 Å². The molecular weight excluding hydrogens is 170 g/mol. The van der Waals surface area contributed by atoms with Gasteiger partial charge in [-0.05, 0) is 25.3 Å². The molecule has 1 heteroatoms. The van der Waals surface area contributed by atoms with Crippen LogP contribution < -0.4 is 0 Å². The van der Waals surface area contributed by atoms with E-state index in [0.717, 1.165) is 0 Å². The van der Waals surface area contributed by atoms with Gasteiger partial charge in [-0.3, -0.25) is 4.99 Å². The highest BCUT2D eigenvalue weighted by Gasteiger charge is 2.04. The monoisotopic (exact) mass is 189 g/mol. The van der Waals surface area contributed by atoms with E-state index in [2.05, 4.69) is 57.0 Å². The smallest absolute Gasteiger partial charge is 0.0720 e. The van der Waals surface area contributed by atoms with Crippen molar-refractivity contribution in [3.63, 3.8) is 0 Å². The van der Waals surface area contributed by atoms with Gasteiger partial charge in [0.05, 0.1) is 6.04 Å². The zero-order chi connectivity index (χ0) is 10.6. The predicted octanol–water partition coefficient (Wildman–Crippen LogP) is 3.86. The van der Waals surface area contributed by atoms with E-state index in [4.69, 9.17) is 0 Å². The van der Waals surface area contributed by atoms with Crippen LogP contribution >= 0.6 is 0 Å². The maximum Gasteiger partial charge on any atom is 0.0720 e. The van der Waals surface area contributed by atoms with E-state index in [9.17, 15) is 0 Å². The molecule has 0 spiro atoms. The topological polar surface area (TPSA) is 12.4 Å². The average Bonchev–Trinajstić information content (AvgIpc) is 2.19. The van der Waals surface area contributed by atoms with Crippen molar-refractivity contribution in [1.29, 1.82) is 0 Å². The van der Waals surface area contributed by atoms with Crippen LogP contribution in [-0.4, -0.2) is 5.71 Å². The van der Waals surface area contributed by atoms with Crippen molar-refractivity contribution < 1.29 is 0 Å². The Morgan fingerprint density at radius 2 is 1.64 bits per heavy atom.